The summed E-state index contributed by atoms with van der Waals surface area (Å²) >= 11 is 0. The molecule has 3 heteroatoms. The molecule has 57 heavy (non-hydrogen) atoms. The molecule has 0 amide bonds. The standard InChI is InChI=1S/C54H36N2O/c1-3-17-35(18-4-1)37-21-7-11-27-44(37)55-45-28-12-8-22-41(45)51-39(25-15-30-47(51)55)40-26-16-31-48-52(40)42-23-9-13-29-46(42)56(48)49-34-33-38(36-19-5-2-6-20-36)53-43-24-10-14-32-50(43)57-54(49)53/h1-34,53-54H. The Kier molecular flexibility index (Phi) is 7.05. The average Bonchev–Trinajstić information content (AvgIpc) is 3.95. The number of hydrogen-bond donors (Lipinski definition) is 0. The third-order valence-electron chi connectivity index (χ3n) is 12.2. The van der Waals surface area contributed by atoms with Gasteiger partial charge in [0, 0.05) is 32.7 Å². The number of para-hydroxylation sites is 4. The summed E-state index contributed by atoms with van der Waals surface area (Å²) in [5.41, 5.74) is 15.6. The van der Waals surface area contributed by atoms with Gasteiger partial charge in [0.25, 0.3) is 0 Å². The van der Waals surface area contributed by atoms with Crippen molar-refractivity contribution in [2.75, 3.05) is 0 Å². The summed E-state index contributed by atoms with van der Waals surface area (Å²) in [6, 6.07) is 70.2. The summed E-state index contributed by atoms with van der Waals surface area (Å²) in [6.45, 7) is 0. The van der Waals surface area contributed by atoms with Gasteiger partial charge in [0.15, 0.2) is 0 Å². The van der Waals surface area contributed by atoms with Crippen molar-refractivity contribution in [3.05, 3.63) is 217 Å². The van der Waals surface area contributed by atoms with Crippen molar-refractivity contribution < 1.29 is 4.74 Å². The van der Waals surface area contributed by atoms with Gasteiger partial charge in [0.1, 0.15) is 11.9 Å². The molecule has 1 aliphatic carbocycles. The first-order valence-corrected chi connectivity index (χ1v) is 19.8. The van der Waals surface area contributed by atoms with Crippen LogP contribution in [0.4, 0.5) is 0 Å². The maximum Gasteiger partial charge on any atom is 0.150 e. The summed E-state index contributed by atoms with van der Waals surface area (Å²) < 4.78 is 11.9. The van der Waals surface area contributed by atoms with Crippen LogP contribution >= 0.6 is 0 Å². The van der Waals surface area contributed by atoms with E-state index < -0.39 is 0 Å². The highest BCUT2D eigenvalue weighted by atomic mass is 16.5. The first-order valence-electron chi connectivity index (χ1n) is 19.8. The Morgan fingerprint density at radius 2 is 0.912 bits per heavy atom. The lowest BCUT2D eigenvalue weighted by Crippen LogP contribution is -2.27. The SMILES string of the molecule is C1=C(c2ccccc2)C2c3ccccc3OC2C(n2c3ccccc3c3c(-c4cccc5c4c4ccccc4n5-c4ccccc4-c4ccccc4)cccc32)=C1. The van der Waals surface area contributed by atoms with E-state index in [1.807, 2.05) is 0 Å². The highest BCUT2D eigenvalue weighted by Crippen LogP contribution is 2.52. The molecule has 0 saturated carbocycles. The molecular formula is C54H36N2O. The largest absolute Gasteiger partial charge is 0.483 e. The summed E-state index contributed by atoms with van der Waals surface area (Å²) in [6.07, 6.45) is 4.44. The first kappa shape index (κ1) is 31.9. The van der Waals surface area contributed by atoms with E-state index in [0.29, 0.717) is 0 Å². The molecule has 0 N–H and O–H groups in total. The zero-order chi connectivity index (χ0) is 37.5. The zero-order valence-corrected chi connectivity index (χ0v) is 31.1. The molecule has 12 rings (SSSR count). The lowest BCUT2D eigenvalue weighted by atomic mass is 9.80. The van der Waals surface area contributed by atoms with Gasteiger partial charge < -0.3 is 13.9 Å². The minimum atomic E-state index is -0.184. The van der Waals surface area contributed by atoms with Crippen molar-refractivity contribution in [2.45, 2.75) is 12.0 Å². The van der Waals surface area contributed by atoms with E-state index in [1.54, 1.807) is 0 Å². The quantitative estimate of drug-likeness (QED) is 0.173. The van der Waals surface area contributed by atoms with Gasteiger partial charge in [-0.2, -0.15) is 0 Å². The molecule has 2 aromatic heterocycles. The molecule has 0 bridgehead atoms. The fourth-order valence-electron chi connectivity index (χ4n) is 9.81. The summed E-state index contributed by atoms with van der Waals surface area (Å²) in [7, 11) is 0. The van der Waals surface area contributed by atoms with Crippen LogP contribution < -0.4 is 4.74 Å². The molecule has 0 radical (unpaired) electrons. The summed E-state index contributed by atoms with van der Waals surface area (Å²) in [4.78, 5) is 0. The van der Waals surface area contributed by atoms with Gasteiger partial charge in [-0.05, 0) is 70.3 Å². The smallest absolute Gasteiger partial charge is 0.150 e. The van der Waals surface area contributed by atoms with Crippen LogP contribution in [-0.2, 0) is 0 Å². The van der Waals surface area contributed by atoms with Gasteiger partial charge in [0.05, 0.1) is 39.4 Å². The lowest BCUT2D eigenvalue weighted by Gasteiger charge is -2.29. The maximum atomic E-state index is 6.97. The number of benzene rings is 8. The highest BCUT2D eigenvalue weighted by Gasteiger charge is 2.42. The van der Waals surface area contributed by atoms with Crippen LogP contribution in [0.25, 0.3) is 82.8 Å². The number of fused-ring (bicyclic) bond motifs is 9. The van der Waals surface area contributed by atoms with Gasteiger partial charge >= 0.3 is 0 Å². The Morgan fingerprint density at radius 3 is 1.63 bits per heavy atom. The van der Waals surface area contributed by atoms with E-state index >= 15 is 0 Å². The fraction of sp³-hybridized carbons (Fsp3) is 0.0370. The predicted octanol–water partition coefficient (Wildman–Crippen LogP) is 13.7. The highest BCUT2D eigenvalue weighted by molar-refractivity contribution is 6.22. The number of rotatable bonds is 5. The normalized spacial score (nSPS) is 16.1. The number of aromatic nitrogens is 2. The molecular weight excluding hydrogens is 693 g/mol. The van der Waals surface area contributed by atoms with Crippen molar-refractivity contribution >= 4 is 54.9 Å². The second-order valence-corrected chi connectivity index (χ2v) is 15.1. The lowest BCUT2D eigenvalue weighted by molar-refractivity contribution is 0.275. The van der Waals surface area contributed by atoms with Gasteiger partial charge in [-0.25, -0.2) is 0 Å². The fourth-order valence-corrected chi connectivity index (χ4v) is 9.81. The number of ether oxygens (including phenoxy) is 1. The number of hydrogen-bond acceptors (Lipinski definition) is 1. The Labute approximate surface area is 330 Å². The van der Waals surface area contributed by atoms with Crippen LogP contribution in [-0.4, -0.2) is 15.2 Å². The molecule has 3 nitrogen and oxygen atoms in total. The van der Waals surface area contributed by atoms with Crippen molar-refractivity contribution in [1.29, 1.82) is 0 Å². The molecule has 8 aromatic carbocycles. The van der Waals surface area contributed by atoms with Gasteiger partial charge in [-0.1, -0.05) is 164 Å². The monoisotopic (exact) mass is 728 g/mol. The van der Waals surface area contributed by atoms with E-state index in [4.69, 9.17) is 4.74 Å². The topological polar surface area (TPSA) is 19.1 Å². The molecule has 2 unspecified atom stereocenters. The minimum absolute atomic E-state index is 0.0710. The Balaban J connectivity index is 1.11. The average molecular weight is 729 g/mol. The molecule has 2 aliphatic rings. The van der Waals surface area contributed by atoms with Crippen LogP contribution in [0, 0.1) is 0 Å². The third kappa shape index (κ3) is 4.73. The van der Waals surface area contributed by atoms with Crippen molar-refractivity contribution in [1.82, 2.24) is 9.13 Å². The molecule has 3 heterocycles. The summed E-state index contributed by atoms with van der Waals surface area (Å²) in [5, 5.41) is 4.96. The third-order valence-corrected chi connectivity index (χ3v) is 12.2. The molecule has 268 valence electrons. The van der Waals surface area contributed by atoms with Crippen molar-refractivity contribution in [3.8, 4) is 33.7 Å². The van der Waals surface area contributed by atoms with Crippen LogP contribution in [0.15, 0.2) is 206 Å². The van der Waals surface area contributed by atoms with Gasteiger partial charge in [-0.15, -0.1) is 0 Å². The van der Waals surface area contributed by atoms with Crippen LogP contribution in [0.1, 0.15) is 17.0 Å². The first-order chi connectivity index (χ1) is 28.3. The Morgan fingerprint density at radius 1 is 0.386 bits per heavy atom. The second kappa shape index (κ2) is 12.6. The van der Waals surface area contributed by atoms with E-state index in [1.165, 1.54) is 88.3 Å². The van der Waals surface area contributed by atoms with Gasteiger partial charge in [-0.3, -0.25) is 0 Å². The number of allylic oxidation sites excluding steroid dienone is 2. The van der Waals surface area contributed by atoms with E-state index in [9.17, 15) is 0 Å². The molecule has 0 saturated heterocycles. The van der Waals surface area contributed by atoms with E-state index in [-0.39, 0.29) is 12.0 Å². The second-order valence-electron chi connectivity index (χ2n) is 15.1. The van der Waals surface area contributed by atoms with Crippen molar-refractivity contribution in [3.63, 3.8) is 0 Å². The maximum absolute atomic E-state index is 6.97. The van der Waals surface area contributed by atoms with Gasteiger partial charge in [0.2, 0.25) is 0 Å². The molecule has 0 fully saturated rings. The Hall–Kier alpha value is -7.36. The van der Waals surface area contributed by atoms with Crippen molar-refractivity contribution in [2.24, 2.45) is 0 Å². The predicted molar refractivity (Wildman–Crippen MR) is 237 cm³/mol. The number of nitrogens with zero attached hydrogens (tertiary/aromatic N) is 2. The van der Waals surface area contributed by atoms with E-state index in [0.717, 1.165) is 11.4 Å². The molecule has 1 aliphatic heterocycles. The molecule has 2 atom stereocenters. The van der Waals surface area contributed by atoms with E-state index in [2.05, 4.69) is 215 Å². The summed E-state index contributed by atoms with van der Waals surface area (Å²) in [5.74, 6) is 1.03. The molecule has 0 spiro atoms. The Bertz CT molecular complexity index is 3270. The van der Waals surface area contributed by atoms with Crippen LogP contribution in [0.3, 0.4) is 0 Å². The minimum Gasteiger partial charge on any atom is -0.483 e. The van der Waals surface area contributed by atoms with Crippen LogP contribution in [0.2, 0.25) is 0 Å². The zero-order valence-electron chi connectivity index (χ0n) is 31.1. The van der Waals surface area contributed by atoms with Crippen LogP contribution in [0.5, 0.6) is 5.75 Å². The molecule has 10 aromatic rings.